The van der Waals surface area contributed by atoms with Gasteiger partial charge in [0.1, 0.15) is 0 Å². The molecule has 4 aromatic carbocycles. The first kappa shape index (κ1) is 32.4. The van der Waals surface area contributed by atoms with Crippen LogP contribution in [0.5, 0.6) is 0 Å². The summed E-state index contributed by atoms with van der Waals surface area (Å²) < 4.78 is 0. The molecule has 7 aromatic rings. The van der Waals surface area contributed by atoms with Crippen molar-refractivity contribution in [2.75, 3.05) is 0 Å². The van der Waals surface area contributed by atoms with Gasteiger partial charge in [0.05, 0.1) is 22.8 Å². The monoisotopic (exact) mass is 835 g/mol. The molecule has 5 heteroatoms. The van der Waals surface area contributed by atoms with E-state index in [1.807, 2.05) is 12.1 Å². The number of benzene rings is 4. The normalized spacial score (nSPS) is 11.8. The maximum atomic E-state index is 5.34. The van der Waals surface area contributed by atoms with Gasteiger partial charge in [0.2, 0.25) is 0 Å². The van der Waals surface area contributed by atoms with E-state index >= 15 is 0 Å². The van der Waals surface area contributed by atoms with E-state index in [1.54, 1.807) is 0 Å². The first-order chi connectivity index (χ1) is 24.6. The summed E-state index contributed by atoms with van der Waals surface area (Å²) in [5, 5.41) is 0. The summed E-state index contributed by atoms with van der Waals surface area (Å²) in [4.78, 5) is 21.4. The van der Waals surface area contributed by atoms with E-state index < -0.39 is 0 Å². The van der Waals surface area contributed by atoms with Gasteiger partial charge in [-0.2, -0.15) is 0 Å². The van der Waals surface area contributed by atoms with E-state index in [0.717, 1.165) is 89.4 Å². The molecule has 51 heavy (non-hydrogen) atoms. The maximum Gasteiger partial charge on any atom is 2.00 e. The summed E-state index contributed by atoms with van der Waals surface area (Å²) in [5.41, 5.74) is 17.5. The van der Waals surface area contributed by atoms with Crippen LogP contribution in [0.25, 0.3) is 90.9 Å². The molecule has 246 valence electrons. The smallest absolute Gasteiger partial charge is 0.657 e. The third kappa shape index (κ3) is 6.03. The van der Waals surface area contributed by atoms with Crippen LogP contribution in [0.2, 0.25) is 0 Å². The van der Waals surface area contributed by atoms with E-state index in [9.17, 15) is 0 Å². The Balaban J connectivity index is 0.00000374. The average molecular weight is 836 g/mol. The van der Waals surface area contributed by atoms with Crippen LogP contribution in [-0.4, -0.2) is 9.97 Å². The van der Waals surface area contributed by atoms with Gasteiger partial charge in [-0.25, -0.2) is 9.97 Å². The molecular weight excluding hydrogens is 804 g/mol. The van der Waals surface area contributed by atoms with Crippen LogP contribution in [0.1, 0.15) is 33.9 Å². The topological polar surface area (TPSA) is 54.0 Å². The molecule has 0 unspecified atom stereocenters. The van der Waals surface area contributed by atoms with Gasteiger partial charge in [0.15, 0.2) is 0 Å². The van der Waals surface area contributed by atoms with Crippen LogP contribution < -0.4 is 9.97 Å². The third-order valence-electron chi connectivity index (χ3n) is 9.41. The van der Waals surface area contributed by atoms with Crippen molar-refractivity contribution >= 4 is 46.4 Å². The number of fused-ring (bicyclic) bond motifs is 8. The van der Waals surface area contributed by atoms with Gasteiger partial charge in [-0.15, -0.1) is 22.1 Å². The molecule has 3 aromatic heterocycles. The van der Waals surface area contributed by atoms with Crippen LogP contribution in [0.3, 0.4) is 0 Å². The molecular formula is C46H32N4Pt. The van der Waals surface area contributed by atoms with Crippen molar-refractivity contribution in [1.29, 1.82) is 0 Å². The van der Waals surface area contributed by atoms with Crippen LogP contribution in [-0.2, 0) is 21.1 Å². The van der Waals surface area contributed by atoms with Crippen molar-refractivity contribution in [2.24, 2.45) is 0 Å². The molecule has 0 amide bonds. The zero-order chi connectivity index (χ0) is 33.6. The van der Waals surface area contributed by atoms with Crippen molar-refractivity contribution < 1.29 is 21.1 Å². The molecule has 0 N–H and O–H groups in total. The average Bonchev–Trinajstić information content (AvgIpc) is 3.98. The Kier molecular flexibility index (Phi) is 8.55. The second-order valence-electron chi connectivity index (χ2n) is 12.8. The molecule has 9 rings (SSSR count). The van der Waals surface area contributed by atoms with Crippen molar-refractivity contribution in [3.8, 4) is 44.5 Å². The van der Waals surface area contributed by atoms with Crippen molar-refractivity contribution in [2.45, 2.75) is 13.8 Å². The SMILES string of the molecule is Cc1ccc(-c2c3nc(c(-c4ccccc4)c4ccc([n-]4)c(-c4ccc(C)cc4)c4nc(c(-c5ccccc5)c5ccc2[n-]5)C=C4)C=C3)cc1.[Pt+2]. The Morgan fingerprint density at radius 2 is 0.608 bits per heavy atom. The standard InChI is InChI=1S/C46H32N4.Pt/c1-29-13-17-33(18-14-29)45-39-25-21-35(47-39)43(31-9-5-3-6-10-31)37-23-27-41(49-37)46(34-19-15-30(2)16-20-34)42-28-24-38(50-42)44(32-11-7-4-8-12-32)36-22-26-40(45)48-36;/h3-28H,1-2H3;/q-2;+2. The summed E-state index contributed by atoms with van der Waals surface area (Å²) in [6, 6.07) is 46.5. The van der Waals surface area contributed by atoms with Crippen molar-refractivity contribution in [3.05, 3.63) is 167 Å². The quantitative estimate of drug-likeness (QED) is 0.177. The van der Waals surface area contributed by atoms with Gasteiger partial charge in [0, 0.05) is 0 Å². The number of hydrogen-bond donors (Lipinski definition) is 0. The van der Waals surface area contributed by atoms with Crippen LogP contribution >= 0.6 is 0 Å². The Labute approximate surface area is 311 Å². The number of aromatic nitrogens is 4. The second kappa shape index (κ2) is 13.5. The zero-order valence-corrected chi connectivity index (χ0v) is 30.4. The van der Waals surface area contributed by atoms with Crippen LogP contribution in [0.4, 0.5) is 0 Å². The minimum Gasteiger partial charge on any atom is -0.657 e. The first-order valence-electron chi connectivity index (χ1n) is 16.9. The second-order valence-corrected chi connectivity index (χ2v) is 12.8. The van der Waals surface area contributed by atoms with Crippen molar-refractivity contribution in [1.82, 2.24) is 19.9 Å². The largest absolute Gasteiger partial charge is 2.00 e. The third-order valence-corrected chi connectivity index (χ3v) is 9.41. The summed E-state index contributed by atoms with van der Waals surface area (Å²) >= 11 is 0. The molecule has 8 bridgehead atoms. The van der Waals surface area contributed by atoms with E-state index in [4.69, 9.17) is 19.9 Å². The molecule has 0 saturated carbocycles. The molecule has 0 spiro atoms. The number of rotatable bonds is 4. The Morgan fingerprint density at radius 3 is 0.902 bits per heavy atom. The molecule has 0 atom stereocenters. The number of aryl methyl sites for hydroxylation is 2. The van der Waals surface area contributed by atoms with Gasteiger partial charge >= 0.3 is 21.1 Å². The maximum absolute atomic E-state index is 5.34. The summed E-state index contributed by atoms with van der Waals surface area (Å²) in [6.45, 7) is 4.22. The molecule has 2 aliphatic heterocycles. The fourth-order valence-electron chi connectivity index (χ4n) is 6.92. The van der Waals surface area contributed by atoms with E-state index in [2.05, 4.69) is 159 Å². The Hall–Kier alpha value is -5.83. The summed E-state index contributed by atoms with van der Waals surface area (Å²) in [7, 11) is 0. The fourth-order valence-corrected chi connectivity index (χ4v) is 6.92. The Morgan fingerprint density at radius 1 is 0.333 bits per heavy atom. The van der Waals surface area contributed by atoms with Gasteiger partial charge < -0.3 is 9.97 Å². The molecule has 0 radical (unpaired) electrons. The predicted octanol–water partition coefficient (Wildman–Crippen LogP) is 11.2. The molecule has 2 aliphatic rings. The van der Waals surface area contributed by atoms with Gasteiger partial charge in [0.25, 0.3) is 0 Å². The van der Waals surface area contributed by atoms with Crippen LogP contribution in [0, 0.1) is 13.8 Å². The summed E-state index contributed by atoms with van der Waals surface area (Å²) in [5.74, 6) is 0. The van der Waals surface area contributed by atoms with Crippen molar-refractivity contribution in [3.63, 3.8) is 0 Å². The molecule has 5 heterocycles. The predicted molar refractivity (Wildman–Crippen MR) is 208 cm³/mol. The molecule has 0 fully saturated rings. The minimum absolute atomic E-state index is 0. The van der Waals surface area contributed by atoms with E-state index in [-0.39, 0.29) is 21.1 Å². The van der Waals surface area contributed by atoms with E-state index in [0.29, 0.717) is 0 Å². The fraction of sp³-hybridized carbons (Fsp3) is 0.0435. The van der Waals surface area contributed by atoms with E-state index in [1.165, 1.54) is 11.1 Å². The first-order valence-corrected chi connectivity index (χ1v) is 16.9. The zero-order valence-electron chi connectivity index (χ0n) is 28.1. The summed E-state index contributed by atoms with van der Waals surface area (Å²) in [6.07, 6.45) is 8.44. The molecule has 4 nitrogen and oxygen atoms in total. The van der Waals surface area contributed by atoms with Gasteiger partial charge in [-0.3, -0.25) is 0 Å². The Bertz CT molecular complexity index is 2440. The molecule has 0 aliphatic carbocycles. The molecule has 0 saturated heterocycles. The minimum atomic E-state index is 0. The van der Waals surface area contributed by atoms with Gasteiger partial charge in [-0.05, 0) is 82.7 Å². The van der Waals surface area contributed by atoms with Gasteiger partial charge in [-0.1, -0.05) is 145 Å². The van der Waals surface area contributed by atoms with Crippen LogP contribution in [0.15, 0.2) is 133 Å². The number of hydrogen-bond acceptors (Lipinski definition) is 2. The number of nitrogens with zero attached hydrogens (tertiary/aromatic N) is 4.